The highest BCUT2D eigenvalue weighted by Crippen LogP contribution is 2.23. The van der Waals surface area contributed by atoms with Crippen molar-refractivity contribution in [1.29, 1.82) is 0 Å². The fourth-order valence-corrected chi connectivity index (χ4v) is 4.71. The molecule has 2 aliphatic rings. The molecule has 124 valence electrons. The van der Waals surface area contributed by atoms with Crippen molar-refractivity contribution in [2.75, 3.05) is 39.3 Å². The Morgan fingerprint density at radius 2 is 1.64 bits per heavy atom. The fourth-order valence-electron chi connectivity index (χ4n) is 3.04. The van der Waals surface area contributed by atoms with E-state index in [2.05, 4.69) is 15.0 Å². The molecular formula is C13H23N5O3S. The molecule has 0 aliphatic carbocycles. The molecule has 2 saturated heterocycles. The van der Waals surface area contributed by atoms with Crippen molar-refractivity contribution in [3.05, 3.63) is 11.7 Å². The number of rotatable bonds is 4. The predicted octanol–water partition coefficient (Wildman–Crippen LogP) is 0.397. The SMILES string of the molecule is Cc1noc(C(C)N2CCN(S(=O)(=O)N3CCCC3)CC2)n1. The van der Waals surface area contributed by atoms with Crippen molar-refractivity contribution in [2.45, 2.75) is 32.7 Å². The van der Waals surface area contributed by atoms with Gasteiger partial charge < -0.3 is 4.52 Å². The van der Waals surface area contributed by atoms with E-state index >= 15 is 0 Å². The van der Waals surface area contributed by atoms with Gasteiger partial charge in [0, 0.05) is 39.3 Å². The van der Waals surface area contributed by atoms with Crippen molar-refractivity contribution in [3.63, 3.8) is 0 Å². The molecule has 2 fully saturated rings. The molecule has 0 bridgehead atoms. The molecule has 1 atom stereocenters. The molecule has 1 aromatic rings. The van der Waals surface area contributed by atoms with E-state index in [-0.39, 0.29) is 6.04 Å². The maximum absolute atomic E-state index is 12.5. The molecule has 9 heteroatoms. The summed E-state index contributed by atoms with van der Waals surface area (Å²) in [4.78, 5) is 6.44. The standard InChI is InChI=1S/C13H23N5O3S/c1-11(13-14-12(2)15-21-13)16-7-9-18(10-8-16)22(19,20)17-5-3-4-6-17/h11H,3-10H2,1-2H3. The summed E-state index contributed by atoms with van der Waals surface area (Å²) in [5.41, 5.74) is 0. The van der Waals surface area contributed by atoms with E-state index in [4.69, 9.17) is 4.52 Å². The van der Waals surface area contributed by atoms with Gasteiger partial charge in [-0.2, -0.15) is 22.0 Å². The predicted molar refractivity (Wildman–Crippen MR) is 80.3 cm³/mol. The Hall–Kier alpha value is -1.03. The zero-order valence-electron chi connectivity index (χ0n) is 13.1. The van der Waals surface area contributed by atoms with Crippen molar-refractivity contribution >= 4 is 10.2 Å². The van der Waals surface area contributed by atoms with E-state index in [1.807, 2.05) is 6.92 Å². The Morgan fingerprint density at radius 3 is 2.18 bits per heavy atom. The van der Waals surface area contributed by atoms with E-state index in [0.717, 1.165) is 12.8 Å². The number of aromatic nitrogens is 2. The second-order valence-corrected chi connectivity index (χ2v) is 7.83. The van der Waals surface area contributed by atoms with Crippen LogP contribution < -0.4 is 0 Å². The maximum atomic E-state index is 12.5. The third-order valence-corrected chi connectivity index (χ3v) is 6.47. The smallest absolute Gasteiger partial charge is 0.282 e. The van der Waals surface area contributed by atoms with Crippen molar-refractivity contribution < 1.29 is 12.9 Å². The van der Waals surface area contributed by atoms with Gasteiger partial charge in [-0.15, -0.1) is 0 Å². The van der Waals surface area contributed by atoms with Crippen LogP contribution in [0.3, 0.4) is 0 Å². The van der Waals surface area contributed by atoms with Gasteiger partial charge in [0.15, 0.2) is 5.82 Å². The monoisotopic (exact) mass is 329 g/mol. The summed E-state index contributed by atoms with van der Waals surface area (Å²) in [6.45, 7) is 7.48. The molecule has 0 saturated carbocycles. The highest BCUT2D eigenvalue weighted by molar-refractivity contribution is 7.86. The first kappa shape index (κ1) is 15.9. The number of aryl methyl sites for hydroxylation is 1. The minimum atomic E-state index is -3.28. The van der Waals surface area contributed by atoms with Gasteiger partial charge in [0.25, 0.3) is 10.2 Å². The molecule has 0 N–H and O–H groups in total. The molecule has 1 unspecified atom stereocenters. The summed E-state index contributed by atoms with van der Waals surface area (Å²) < 4.78 is 33.5. The zero-order valence-corrected chi connectivity index (χ0v) is 13.9. The summed E-state index contributed by atoms with van der Waals surface area (Å²) in [7, 11) is -3.28. The minimum Gasteiger partial charge on any atom is -0.338 e. The molecule has 1 aromatic heterocycles. The molecule has 0 radical (unpaired) electrons. The molecule has 0 spiro atoms. The Balaban J connectivity index is 1.60. The van der Waals surface area contributed by atoms with Crippen LogP contribution in [0.4, 0.5) is 0 Å². The molecule has 0 amide bonds. The van der Waals surface area contributed by atoms with Crippen molar-refractivity contribution in [1.82, 2.24) is 23.7 Å². The third kappa shape index (κ3) is 3.03. The number of hydrogen-bond acceptors (Lipinski definition) is 6. The molecule has 22 heavy (non-hydrogen) atoms. The van der Waals surface area contributed by atoms with Crippen LogP contribution in [-0.2, 0) is 10.2 Å². The van der Waals surface area contributed by atoms with Gasteiger partial charge in [0.05, 0.1) is 6.04 Å². The minimum absolute atomic E-state index is 0.0119. The normalized spacial score (nSPS) is 23.9. The molecule has 8 nitrogen and oxygen atoms in total. The average molecular weight is 329 g/mol. The molecular weight excluding hydrogens is 306 g/mol. The van der Waals surface area contributed by atoms with Gasteiger partial charge in [0.1, 0.15) is 0 Å². The van der Waals surface area contributed by atoms with Crippen LogP contribution in [0.2, 0.25) is 0 Å². The Kier molecular flexibility index (Phi) is 4.49. The first-order valence-corrected chi connectivity index (χ1v) is 9.17. The first-order valence-electron chi connectivity index (χ1n) is 7.78. The van der Waals surface area contributed by atoms with Crippen LogP contribution in [0.5, 0.6) is 0 Å². The van der Waals surface area contributed by atoms with E-state index in [1.165, 1.54) is 0 Å². The van der Waals surface area contributed by atoms with Crippen LogP contribution in [0, 0.1) is 6.92 Å². The van der Waals surface area contributed by atoms with Crippen molar-refractivity contribution in [3.8, 4) is 0 Å². The van der Waals surface area contributed by atoms with Gasteiger partial charge in [-0.1, -0.05) is 5.16 Å². The lowest BCUT2D eigenvalue weighted by Crippen LogP contribution is -2.52. The molecule has 0 aromatic carbocycles. The molecule has 2 aliphatic heterocycles. The summed E-state index contributed by atoms with van der Waals surface area (Å²) in [5.74, 6) is 1.21. The lowest BCUT2D eigenvalue weighted by Gasteiger charge is -2.37. The van der Waals surface area contributed by atoms with Gasteiger partial charge in [0.2, 0.25) is 5.89 Å². The largest absolute Gasteiger partial charge is 0.338 e. The number of piperazine rings is 1. The van der Waals surface area contributed by atoms with E-state index in [9.17, 15) is 8.42 Å². The number of nitrogens with zero attached hydrogens (tertiary/aromatic N) is 5. The third-order valence-electron chi connectivity index (χ3n) is 4.44. The summed E-state index contributed by atoms with van der Waals surface area (Å²) in [5, 5.41) is 3.81. The van der Waals surface area contributed by atoms with E-state index < -0.39 is 10.2 Å². The fraction of sp³-hybridized carbons (Fsp3) is 0.846. The lowest BCUT2D eigenvalue weighted by molar-refractivity contribution is 0.121. The number of hydrogen-bond donors (Lipinski definition) is 0. The Bertz CT molecular complexity index is 603. The summed E-state index contributed by atoms with van der Waals surface area (Å²) in [6, 6.07) is 0.0119. The highest BCUT2D eigenvalue weighted by Gasteiger charge is 2.35. The average Bonchev–Trinajstić information content (AvgIpc) is 3.18. The Labute approximate surface area is 131 Å². The highest BCUT2D eigenvalue weighted by atomic mass is 32.2. The second-order valence-electron chi connectivity index (χ2n) is 5.90. The summed E-state index contributed by atoms with van der Waals surface area (Å²) >= 11 is 0. The van der Waals surface area contributed by atoms with Gasteiger partial charge in [-0.05, 0) is 26.7 Å². The molecule has 3 heterocycles. The zero-order chi connectivity index (χ0) is 15.7. The van der Waals surface area contributed by atoms with E-state index in [1.54, 1.807) is 15.5 Å². The van der Waals surface area contributed by atoms with Gasteiger partial charge in [-0.25, -0.2) is 0 Å². The second kappa shape index (κ2) is 6.23. The first-order chi connectivity index (χ1) is 10.5. The van der Waals surface area contributed by atoms with Gasteiger partial charge >= 0.3 is 0 Å². The van der Waals surface area contributed by atoms with Crippen LogP contribution in [0.1, 0.15) is 37.5 Å². The van der Waals surface area contributed by atoms with Crippen LogP contribution >= 0.6 is 0 Å². The van der Waals surface area contributed by atoms with Crippen LogP contribution in [0.25, 0.3) is 0 Å². The van der Waals surface area contributed by atoms with Crippen LogP contribution in [0.15, 0.2) is 4.52 Å². The topological polar surface area (TPSA) is 82.8 Å². The van der Waals surface area contributed by atoms with E-state index in [0.29, 0.717) is 51.0 Å². The lowest BCUT2D eigenvalue weighted by atomic mass is 10.2. The van der Waals surface area contributed by atoms with Crippen LogP contribution in [-0.4, -0.2) is 71.3 Å². The maximum Gasteiger partial charge on any atom is 0.282 e. The summed E-state index contributed by atoms with van der Waals surface area (Å²) in [6.07, 6.45) is 1.93. The Morgan fingerprint density at radius 1 is 1.05 bits per heavy atom. The van der Waals surface area contributed by atoms with Gasteiger partial charge in [-0.3, -0.25) is 4.90 Å². The quantitative estimate of drug-likeness (QED) is 0.795. The molecule has 3 rings (SSSR count). The van der Waals surface area contributed by atoms with Crippen molar-refractivity contribution in [2.24, 2.45) is 0 Å².